The number of pyridine rings is 1. The third kappa shape index (κ3) is 2.97. The lowest BCUT2D eigenvalue weighted by molar-refractivity contribution is 0.299. The Hall–Kier alpha value is -0.563. The van der Waals surface area contributed by atoms with Crippen molar-refractivity contribution < 1.29 is 4.43 Å². The van der Waals surface area contributed by atoms with Gasteiger partial charge in [0.1, 0.15) is 4.83 Å². The first kappa shape index (κ1) is 11.9. The zero-order valence-electron chi connectivity index (χ0n) is 9.53. The number of nitrogens with one attached hydrogen (secondary N) is 1. The van der Waals surface area contributed by atoms with Crippen LogP contribution in [0.3, 0.4) is 0 Å². The lowest BCUT2D eigenvalue weighted by Gasteiger charge is -2.16. The normalized spacial score (nSPS) is 12.2. The summed E-state index contributed by atoms with van der Waals surface area (Å²) in [7, 11) is -1.46. The lowest BCUT2D eigenvalue weighted by atomic mass is 10.3. The van der Waals surface area contributed by atoms with E-state index in [2.05, 4.69) is 35.7 Å². The topological polar surface area (TPSA) is 37.9 Å². The van der Waals surface area contributed by atoms with Crippen molar-refractivity contribution in [2.45, 2.75) is 26.2 Å². The molecule has 16 heavy (non-hydrogen) atoms. The molecule has 0 atom stereocenters. The fraction of sp³-hybridized carbons (Fsp3) is 0.400. The van der Waals surface area contributed by atoms with Crippen molar-refractivity contribution in [3.63, 3.8) is 0 Å². The van der Waals surface area contributed by atoms with Gasteiger partial charge in [-0.3, -0.25) is 0 Å². The maximum absolute atomic E-state index is 5.83. The van der Waals surface area contributed by atoms with Crippen molar-refractivity contribution in [2.24, 2.45) is 0 Å². The van der Waals surface area contributed by atoms with E-state index in [-0.39, 0.29) is 0 Å². The fourth-order valence-electron chi connectivity index (χ4n) is 1.27. The smallest absolute Gasteiger partial charge is 0.184 e. The Kier molecular flexibility index (Phi) is 3.25. The molecule has 0 aliphatic heterocycles. The van der Waals surface area contributed by atoms with E-state index in [0.717, 1.165) is 19.9 Å². The monoisotopic (exact) mass is 270 g/mol. The minimum Gasteiger partial charge on any atom is -0.413 e. The van der Waals surface area contributed by atoms with Gasteiger partial charge in [0.05, 0.1) is 12.1 Å². The van der Waals surface area contributed by atoms with Crippen LogP contribution in [-0.4, -0.2) is 18.3 Å². The molecule has 0 fully saturated rings. The molecule has 2 aromatic rings. The lowest BCUT2D eigenvalue weighted by Crippen LogP contribution is -2.24. The second-order valence-corrected chi connectivity index (χ2v) is 10.8. The molecular formula is C10H14N2OS2Si. The summed E-state index contributed by atoms with van der Waals surface area (Å²) >= 11 is 6.58. The highest BCUT2D eigenvalue weighted by molar-refractivity contribution is 7.73. The highest BCUT2D eigenvalue weighted by Gasteiger charge is 2.14. The molecule has 0 amide bonds. The van der Waals surface area contributed by atoms with Crippen LogP contribution in [0.2, 0.25) is 19.6 Å². The van der Waals surface area contributed by atoms with Crippen molar-refractivity contribution >= 4 is 42.2 Å². The van der Waals surface area contributed by atoms with Gasteiger partial charge in [-0.15, -0.1) is 0 Å². The molecule has 0 saturated heterocycles. The van der Waals surface area contributed by atoms with Gasteiger partial charge in [-0.1, -0.05) is 11.3 Å². The molecule has 6 heteroatoms. The minimum absolute atomic E-state index is 0.634. The quantitative estimate of drug-likeness (QED) is 0.682. The van der Waals surface area contributed by atoms with Gasteiger partial charge in [-0.05, 0) is 43.5 Å². The van der Waals surface area contributed by atoms with Gasteiger partial charge < -0.3 is 9.41 Å². The predicted molar refractivity (Wildman–Crippen MR) is 72.9 cm³/mol. The first-order chi connectivity index (χ1) is 7.44. The summed E-state index contributed by atoms with van der Waals surface area (Å²) < 4.78 is 6.60. The molecular weight excluding hydrogens is 256 g/mol. The first-order valence-electron chi connectivity index (χ1n) is 5.06. The number of fused-ring (bicyclic) bond motifs is 1. The van der Waals surface area contributed by atoms with E-state index in [4.69, 9.17) is 16.6 Å². The zero-order valence-corrected chi connectivity index (χ0v) is 12.2. The second-order valence-electron chi connectivity index (χ2n) is 4.61. The summed E-state index contributed by atoms with van der Waals surface area (Å²) in [5, 5.41) is 0. The number of thiazole rings is 1. The maximum Gasteiger partial charge on any atom is 0.184 e. The first-order valence-corrected chi connectivity index (χ1v) is 9.69. The molecule has 3 nitrogen and oxygen atoms in total. The number of aromatic amines is 1. The summed E-state index contributed by atoms with van der Waals surface area (Å²) in [6, 6.07) is 2.06. The molecule has 0 aromatic carbocycles. The van der Waals surface area contributed by atoms with Crippen LogP contribution in [0.1, 0.15) is 5.56 Å². The van der Waals surface area contributed by atoms with Gasteiger partial charge in [-0.25, -0.2) is 4.98 Å². The number of hydrogen-bond acceptors (Lipinski definition) is 4. The van der Waals surface area contributed by atoms with Gasteiger partial charge in [0.15, 0.2) is 12.3 Å². The van der Waals surface area contributed by atoms with Crippen molar-refractivity contribution in [1.29, 1.82) is 0 Å². The van der Waals surface area contributed by atoms with Crippen LogP contribution in [0.5, 0.6) is 0 Å². The second kappa shape index (κ2) is 4.36. The number of aromatic nitrogens is 2. The highest BCUT2D eigenvalue weighted by atomic mass is 32.1. The summed E-state index contributed by atoms with van der Waals surface area (Å²) in [5.74, 6) is 0. The van der Waals surface area contributed by atoms with Crippen LogP contribution < -0.4 is 0 Å². The predicted octanol–water partition coefficient (Wildman–Crippen LogP) is 3.71. The SMILES string of the molecule is C[Si](C)(C)OCc1cnc2sc(=S)[nH]c2c1. The van der Waals surface area contributed by atoms with Crippen LogP contribution in [0, 0.1) is 3.95 Å². The number of rotatable bonds is 3. The van der Waals surface area contributed by atoms with Crippen molar-refractivity contribution in [3.05, 3.63) is 21.8 Å². The summed E-state index contributed by atoms with van der Waals surface area (Å²) in [5.41, 5.74) is 2.10. The fourth-order valence-corrected chi connectivity index (χ4v) is 2.88. The van der Waals surface area contributed by atoms with Gasteiger partial charge >= 0.3 is 0 Å². The third-order valence-electron chi connectivity index (χ3n) is 2.01. The Balaban J connectivity index is 2.22. The van der Waals surface area contributed by atoms with Crippen molar-refractivity contribution in [3.8, 4) is 0 Å². The zero-order chi connectivity index (χ0) is 11.8. The van der Waals surface area contributed by atoms with E-state index < -0.39 is 8.32 Å². The van der Waals surface area contributed by atoms with E-state index in [1.54, 1.807) is 0 Å². The van der Waals surface area contributed by atoms with Gasteiger partial charge in [-0.2, -0.15) is 0 Å². The molecule has 0 aliphatic rings. The molecule has 0 bridgehead atoms. The van der Waals surface area contributed by atoms with Crippen LogP contribution in [0.15, 0.2) is 12.3 Å². The number of H-pyrrole nitrogens is 1. The van der Waals surface area contributed by atoms with Gasteiger partial charge in [0.2, 0.25) is 0 Å². The van der Waals surface area contributed by atoms with Crippen LogP contribution in [0.4, 0.5) is 0 Å². The number of hydrogen-bond donors (Lipinski definition) is 1. The Labute approximate surface area is 105 Å². The van der Waals surface area contributed by atoms with Gasteiger partial charge in [0, 0.05) is 6.20 Å². The molecule has 0 saturated carbocycles. The molecule has 0 unspecified atom stereocenters. The molecule has 1 N–H and O–H groups in total. The molecule has 0 spiro atoms. The summed E-state index contributed by atoms with van der Waals surface area (Å²) in [6.07, 6.45) is 1.86. The van der Waals surface area contributed by atoms with E-state index in [1.165, 1.54) is 11.3 Å². The van der Waals surface area contributed by atoms with Gasteiger partial charge in [0.25, 0.3) is 0 Å². The maximum atomic E-state index is 5.83. The highest BCUT2D eigenvalue weighted by Crippen LogP contribution is 2.18. The van der Waals surface area contributed by atoms with Crippen molar-refractivity contribution in [1.82, 2.24) is 9.97 Å². The average molecular weight is 270 g/mol. The third-order valence-corrected chi connectivity index (χ3v) is 4.17. The largest absolute Gasteiger partial charge is 0.413 e. The van der Waals surface area contributed by atoms with E-state index in [9.17, 15) is 0 Å². The van der Waals surface area contributed by atoms with Crippen LogP contribution in [-0.2, 0) is 11.0 Å². The Bertz CT molecular complexity index is 556. The molecule has 0 radical (unpaired) electrons. The van der Waals surface area contributed by atoms with Crippen molar-refractivity contribution in [2.75, 3.05) is 0 Å². The molecule has 86 valence electrons. The van der Waals surface area contributed by atoms with E-state index in [0.29, 0.717) is 6.61 Å². The summed E-state index contributed by atoms with van der Waals surface area (Å²) in [6.45, 7) is 7.17. The number of nitrogens with zero attached hydrogens (tertiary/aromatic N) is 1. The molecule has 2 heterocycles. The van der Waals surface area contributed by atoms with E-state index >= 15 is 0 Å². The molecule has 2 rings (SSSR count). The summed E-state index contributed by atoms with van der Waals surface area (Å²) in [4.78, 5) is 8.44. The minimum atomic E-state index is -1.46. The van der Waals surface area contributed by atoms with Crippen LogP contribution >= 0.6 is 23.6 Å². The van der Waals surface area contributed by atoms with E-state index in [1.807, 2.05) is 6.20 Å². The standard InChI is InChI=1S/C10H14N2OS2Si/c1-16(2,3)13-6-7-4-8-9(11-5-7)15-10(14)12-8/h4-5H,6H2,1-3H3,(H,12,14). The molecule has 0 aliphatic carbocycles. The Morgan fingerprint density at radius 3 is 2.94 bits per heavy atom. The Morgan fingerprint density at radius 2 is 2.25 bits per heavy atom. The molecule has 2 aromatic heterocycles. The average Bonchev–Trinajstić information content (AvgIpc) is 2.52. The Morgan fingerprint density at radius 1 is 1.50 bits per heavy atom. The van der Waals surface area contributed by atoms with Crippen LogP contribution in [0.25, 0.3) is 10.3 Å².